The molecule has 112 valence electrons. The van der Waals surface area contributed by atoms with E-state index in [1.165, 1.54) is 12.1 Å². The molecular weight excluding hydrogens is 259 g/mol. The minimum Gasteiger partial charge on any atom is -0.483 e. The van der Waals surface area contributed by atoms with Crippen LogP contribution in [0.25, 0.3) is 0 Å². The first-order valence-electron chi connectivity index (χ1n) is 6.63. The molecule has 0 aromatic heterocycles. The van der Waals surface area contributed by atoms with Gasteiger partial charge in [0.05, 0.1) is 0 Å². The van der Waals surface area contributed by atoms with Gasteiger partial charge in [-0.2, -0.15) is 0 Å². The van der Waals surface area contributed by atoms with E-state index in [1.54, 1.807) is 13.1 Å². The Morgan fingerprint density at radius 3 is 2.60 bits per heavy atom. The molecule has 0 radical (unpaired) electrons. The van der Waals surface area contributed by atoms with Crippen molar-refractivity contribution < 1.29 is 13.9 Å². The molecule has 0 bridgehead atoms. The molecule has 0 aliphatic heterocycles. The highest BCUT2D eigenvalue weighted by atomic mass is 19.1. The van der Waals surface area contributed by atoms with E-state index >= 15 is 0 Å². The normalized spacial score (nSPS) is 12.9. The predicted molar refractivity (Wildman–Crippen MR) is 77.3 cm³/mol. The third-order valence-corrected chi connectivity index (χ3v) is 2.74. The Kier molecular flexibility index (Phi) is 5.51. The van der Waals surface area contributed by atoms with Crippen LogP contribution in [0.1, 0.15) is 39.3 Å². The molecule has 1 atom stereocenters. The Labute approximate surface area is 119 Å². The highest BCUT2D eigenvalue weighted by molar-refractivity contribution is 5.78. The Hall–Kier alpha value is -1.62. The number of hydrogen-bond acceptors (Lipinski definition) is 3. The Morgan fingerprint density at radius 2 is 2.05 bits per heavy atom. The van der Waals surface area contributed by atoms with E-state index in [9.17, 15) is 9.18 Å². The average molecular weight is 282 g/mol. The Bertz CT molecular complexity index is 469. The van der Waals surface area contributed by atoms with Gasteiger partial charge in [0.1, 0.15) is 11.6 Å². The lowest BCUT2D eigenvalue weighted by Gasteiger charge is -2.21. The van der Waals surface area contributed by atoms with Crippen molar-refractivity contribution in [2.24, 2.45) is 0 Å². The topological polar surface area (TPSA) is 50.4 Å². The molecule has 20 heavy (non-hydrogen) atoms. The van der Waals surface area contributed by atoms with Crippen LogP contribution in [0, 0.1) is 5.82 Å². The number of rotatable bonds is 5. The number of benzene rings is 1. The number of amides is 1. The van der Waals surface area contributed by atoms with Gasteiger partial charge in [-0.25, -0.2) is 4.39 Å². The van der Waals surface area contributed by atoms with Crippen molar-refractivity contribution in [2.75, 3.05) is 13.7 Å². The highest BCUT2D eigenvalue weighted by Gasteiger charge is 2.16. The lowest BCUT2D eigenvalue weighted by molar-refractivity contribution is -0.124. The minimum absolute atomic E-state index is 0.0635. The van der Waals surface area contributed by atoms with E-state index in [4.69, 9.17) is 4.74 Å². The SMILES string of the molecule is CNC(C)c1cc(F)ccc1OCC(=O)NC(C)(C)C. The third-order valence-electron chi connectivity index (χ3n) is 2.74. The number of carbonyl (C=O) groups is 1. The molecule has 0 spiro atoms. The highest BCUT2D eigenvalue weighted by Crippen LogP contribution is 2.25. The van der Waals surface area contributed by atoms with Gasteiger partial charge in [0, 0.05) is 17.1 Å². The zero-order valence-electron chi connectivity index (χ0n) is 12.7. The molecule has 0 aliphatic carbocycles. The Morgan fingerprint density at radius 1 is 1.40 bits per heavy atom. The number of carbonyl (C=O) groups excluding carboxylic acids is 1. The van der Waals surface area contributed by atoms with Crippen molar-refractivity contribution in [1.29, 1.82) is 0 Å². The summed E-state index contributed by atoms with van der Waals surface area (Å²) in [5.41, 5.74) is 0.390. The van der Waals surface area contributed by atoms with Crippen molar-refractivity contribution in [2.45, 2.75) is 39.3 Å². The van der Waals surface area contributed by atoms with Crippen LogP contribution in [0.15, 0.2) is 18.2 Å². The van der Waals surface area contributed by atoms with Crippen LogP contribution in [-0.4, -0.2) is 25.1 Å². The number of halogens is 1. The first kappa shape index (κ1) is 16.4. The van der Waals surface area contributed by atoms with Gasteiger partial charge in [-0.15, -0.1) is 0 Å². The monoisotopic (exact) mass is 282 g/mol. The summed E-state index contributed by atoms with van der Waals surface area (Å²) in [4.78, 5) is 11.7. The zero-order chi connectivity index (χ0) is 15.3. The van der Waals surface area contributed by atoms with Gasteiger partial charge in [-0.3, -0.25) is 4.79 Å². The van der Waals surface area contributed by atoms with Crippen molar-refractivity contribution in [3.8, 4) is 5.75 Å². The molecule has 0 saturated heterocycles. The van der Waals surface area contributed by atoms with Gasteiger partial charge < -0.3 is 15.4 Å². The molecule has 1 rings (SSSR count). The maximum Gasteiger partial charge on any atom is 0.258 e. The van der Waals surface area contributed by atoms with Crippen LogP contribution in [0.3, 0.4) is 0 Å². The molecule has 1 aromatic rings. The summed E-state index contributed by atoms with van der Waals surface area (Å²) in [6, 6.07) is 4.22. The molecule has 1 amide bonds. The second kappa shape index (κ2) is 6.70. The van der Waals surface area contributed by atoms with Crippen LogP contribution in [0.4, 0.5) is 4.39 Å². The molecule has 1 aromatic carbocycles. The number of nitrogens with one attached hydrogen (secondary N) is 2. The summed E-state index contributed by atoms with van der Waals surface area (Å²) in [7, 11) is 1.78. The van der Waals surface area contributed by atoms with E-state index < -0.39 is 0 Å². The van der Waals surface area contributed by atoms with Gasteiger partial charge in [0.2, 0.25) is 0 Å². The molecule has 0 heterocycles. The van der Waals surface area contributed by atoms with Crippen LogP contribution in [0.5, 0.6) is 5.75 Å². The average Bonchev–Trinajstić information content (AvgIpc) is 2.34. The number of hydrogen-bond donors (Lipinski definition) is 2. The summed E-state index contributed by atoms with van der Waals surface area (Å²) in [6.45, 7) is 7.51. The predicted octanol–water partition coefficient (Wildman–Crippen LogP) is 2.40. The molecule has 0 fully saturated rings. The van der Waals surface area contributed by atoms with Crippen molar-refractivity contribution >= 4 is 5.91 Å². The second-order valence-corrected chi connectivity index (χ2v) is 5.78. The molecule has 4 nitrogen and oxygen atoms in total. The van der Waals surface area contributed by atoms with Gasteiger partial charge >= 0.3 is 0 Å². The van der Waals surface area contributed by atoms with Crippen molar-refractivity contribution in [1.82, 2.24) is 10.6 Å². The lowest BCUT2D eigenvalue weighted by atomic mass is 10.1. The van der Waals surface area contributed by atoms with Gasteiger partial charge in [0.25, 0.3) is 5.91 Å². The molecule has 0 aliphatic rings. The quantitative estimate of drug-likeness (QED) is 0.872. The summed E-state index contributed by atoms with van der Waals surface area (Å²) >= 11 is 0. The lowest BCUT2D eigenvalue weighted by Crippen LogP contribution is -2.43. The van der Waals surface area contributed by atoms with Crippen LogP contribution < -0.4 is 15.4 Å². The maximum absolute atomic E-state index is 13.3. The van der Waals surface area contributed by atoms with E-state index in [1.807, 2.05) is 27.7 Å². The smallest absolute Gasteiger partial charge is 0.258 e. The fourth-order valence-electron chi connectivity index (χ4n) is 1.74. The zero-order valence-corrected chi connectivity index (χ0v) is 12.7. The van der Waals surface area contributed by atoms with E-state index in [0.29, 0.717) is 11.3 Å². The summed E-state index contributed by atoms with van der Waals surface area (Å²) < 4.78 is 18.8. The first-order valence-corrected chi connectivity index (χ1v) is 6.63. The molecule has 0 saturated carbocycles. The van der Waals surface area contributed by atoms with E-state index in [2.05, 4.69) is 10.6 Å². The largest absolute Gasteiger partial charge is 0.483 e. The standard InChI is InChI=1S/C15H23FN2O2/c1-10(17-5)12-8-11(16)6-7-13(12)20-9-14(19)18-15(2,3)4/h6-8,10,17H,9H2,1-5H3,(H,18,19). The van der Waals surface area contributed by atoms with Crippen LogP contribution >= 0.6 is 0 Å². The maximum atomic E-state index is 13.3. The van der Waals surface area contributed by atoms with Crippen LogP contribution in [-0.2, 0) is 4.79 Å². The van der Waals surface area contributed by atoms with Crippen LogP contribution in [0.2, 0.25) is 0 Å². The summed E-state index contributed by atoms with van der Waals surface area (Å²) in [5.74, 6) is -0.0178. The molecule has 2 N–H and O–H groups in total. The fraction of sp³-hybridized carbons (Fsp3) is 0.533. The first-order chi connectivity index (χ1) is 9.23. The van der Waals surface area contributed by atoms with Crippen molar-refractivity contribution in [3.63, 3.8) is 0 Å². The Balaban J connectivity index is 2.75. The minimum atomic E-state index is -0.325. The summed E-state index contributed by atoms with van der Waals surface area (Å²) in [5, 5.41) is 5.84. The fourth-order valence-corrected chi connectivity index (χ4v) is 1.74. The molecule has 5 heteroatoms. The van der Waals surface area contributed by atoms with Gasteiger partial charge in [-0.05, 0) is 52.9 Å². The van der Waals surface area contributed by atoms with Crippen molar-refractivity contribution in [3.05, 3.63) is 29.6 Å². The molecular formula is C15H23FN2O2. The van der Waals surface area contributed by atoms with E-state index in [-0.39, 0.29) is 29.9 Å². The van der Waals surface area contributed by atoms with Gasteiger partial charge in [-0.1, -0.05) is 0 Å². The summed E-state index contributed by atoms with van der Waals surface area (Å²) in [6.07, 6.45) is 0. The van der Waals surface area contributed by atoms with Gasteiger partial charge in [0.15, 0.2) is 6.61 Å². The van der Waals surface area contributed by atoms with E-state index in [0.717, 1.165) is 0 Å². The third kappa shape index (κ3) is 5.17. The second-order valence-electron chi connectivity index (χ2n) is 5.78. The number of ether oxygens (including phenoxy) is 1. The molecule has 1 unspecified atom stereocenters.